The van der Waals surface area contributed by atoms with E-state index in [2.05, 4.69) is 31.5 Å². The maximum atomic E-state index is 16.2. The summed E-state index contributed by atoms with van der Waals surface area (Å²) in [7, 11) is -0.999. The van der Waals surface area contributed by atoms with Gasteiger partial charge in [-0.2, -0.15) is 0 Å². The number of carbonyl (C=O) groups excluding carboxylic acids is 2. The van der Waals surface area contributed by atoms with Gasteiger partial charge in [0.25, 0.3) is 5.91 Å². The molecule has 3 atom stereocenters. The standard InChI is InChI=1S/C40H50F2N6O5S/c1-43-37(49)36-15-14-33(23-44-36)54(51,52)32-12-10-31(11-13-32)48-25-39(42,26-48)24-47-20-16-28(17-21-47)40(27-46-18-5-19-46,29-6-3-7-30(41)22-29)34-8-4-9-35(34)45-38(50)53-2/h3,6-7,10-15,22-23,28,34-35H,4-5,8-9,16-21,24-27H2,1-2H3,(H,43,49)(H,45,50)/t34-,35-,40?/m0/s1. The van der Waals surface area contributed by atoms with E-state index in [0.717, 1.165) is 82.5 Å². The summed E-state index contributed by atoms with van der Waals surface area (Å²) < 4.78 is 62.7. The Morgan fingerprint density at radius 1 is 0.944 bits per heavy atom. The quantitative estimate of drug-likeness (QED) is 0.267. The highest BCUT2D eigenvalue weighted by atomic mass is 32.2. The minimum Gasteiger partial charge on any atom is -0.453 e. The zero-order chi connectivity index (χ0) is 38.1. The van der Waals surface area contributed by atoms with E-state index in [1.807, 2.05) is 4.90 Å². The van der Waals surface area contributed by atoms with Crippen LogP contribution in [0.25, 0.3) is 0 Å². The summed E-state index contributed by atoms with van der Waals surface area (Å²) in [6.07, 6.45) is 6.30. The molecule has 3 aromatic rings. The van der Waals surface area contributed by atoms with Crippen LogP contribution >= 0.6 is 0 Å². The molecule has 3 saturated heterocycles. The van der Waals surface area contributed by atoms with Crippen molar-refractivity contribution in [2.45, 2.75) is 65.4 Å². The van der Waals surface area contributed by atoms with Crippen LogP contribution in [0.5, 0.6) is 0 Å². The number of hydrogen-bond acceptors (Lipinski definition) is 9. The van der Waals surface area contributed by atoms with E-state index in [0.29, 0.717) is 6.54 Å². The third-order valence-corrected chi connectivity index (χ3v) is 14.0. The van der Waals surface area contributed by atoms with Crippen LogP contribution in [0.4, 0.5) is 19.3 Å². The number of anilines is 1. The Morgan fingerprint density at radius 2 is 1.67 bits per heavy atom. The zero-order valence-corrected chi connectivity index (χ0v) is 31.8. The van der Waals surface area contributed by atoms with Crippen molar-refractivity contribution in [1.82, 2.24) is 25.4 Å². The van der Waals surface area contributed by atoms with Crippen molar-refractivity contribution in [2.75, 3.05) is 71.4 Å². The van der Waals surface area contributed by atoms with E-state index in [1.54, 1.807) is 24.3 Å². The molecule has 1 aromatic heterocycles. The number of aromatic nitrogens is 1. The summed E-state index contributed by atoms with van der Waals surface area (Å²) in [5.41, 5.74) is 0.0560. The normalized spacial score (nSPS) is 23.1. The van der Waals surface area contributed by atoms with Gasteiger partial charge < -0.3 is 25.2 Å². The molecule has 4 heterocycles. The number of ether oxygens (including phenoxy) is 1. The Labute approximate surface area is 316 Å². The third kappa shape index (κ3) is 7.57. The minimum atomic E-state index is -3.86. The average Bonchev–Trinajstić information content (AvgIpc) is 3.62. The Hall–Kier alpha value is -4.14. The van der Waals surface area contributed by atoms with Crippen molar-refractivity contribution >= 4 is 27.5 Å². The van der Waals surface area contributed by atoms with Gasteiger partial charge in [0, 0.05) is 43.5 Å². The number of amides is 2. The van der Waals surface area contributed by atoms with Crippen molar-refractivity contribution < 1.29 is 31.5 Å². The van der Waals surface area contributed by atoms with Crippen molar-refractivity contribution in [3.8, 4) is 0 Å². The van der Waals surface area contributed by atoms with Crippen LogP contribution in [0.15, 0.2) is 76.7 Å². The van der Waals surface area contributed by atoms with Crippen LogP contribution < -0.4 is 15.5 Å². The van der Waals surface area contributed by atoms with Gasteiger partial charge >= 0.3 is 6.09 Å². The van der Waals surface area contributed by atoms with Crippen molar-refractivity contribution in [1.29, 1.82) is 0 Å². The molecule has 2 amide bonds. The number of benzene rings is 2. The molecule has 0 bridgehead atoms. The number of hydrogen-bond donors (Lipinski definition) is 2. The number of likely N-dealkylation sites (tertiary alicyclic amines) is 2. The molecule has 2 aromatic carbocycles. The monoisotopic (exact) mass is 764 g/mol. The summed E-state index contributed by atoms with van der Waals surface area (Å²) in [5.74, 6) is -0.342. The first-order valence-corrected chi connectivity index (χ1v) is 20.4. The summed E-state index contributed by atoms with van der Waals surface area (Å²) >= 11 is 0. The van der Waals surface area contributed by atoms with Gasteiger partial charge in [-0.15, -0.1) is 0 Å². The molecule has 3 aliphatic heterocycles. The molecule has 290 valence electrons. The Balaban J connectivity index is 1.01. The van der Waals surface area contributed by atoms with Crippen molar-refractivity contribution in [3.05, 3.63) is 83.9 Å². The summed E-state index contributed by atoms with van der Waals surface area (Å²) in [6.45, 7) is 4.96. The highest BCUT2D eigenvalue weighted by Crippen LogP contribution is 2.51. The number of nitrogens with zero attached hydrogens (tertiary/aromatic N) is 4. The fourth-order valence-electron chi connectivity index (χ4n) is 9.44. The highest BCUT2D eigenvalue weighted by molar-refractivity contribution is 7.91. The number of alkyl halides is 1. The predicted octanol–water partition coefficient (Wildman–Crippen LogP) is 4.82. The van der Waals surface area contributed by atoms with Crippen LogP contribution in [0.3, 0.4) is 0 Å². The molecule has 4 fully saturated rings. The van der Waals surface area contributed by atoms with E-state index < -0.39 is 27.5 Å². The number of rotatable bonds is 12. The number of methoxy groups -OCH3 is 1. The molecule has 1 saturated carbocycles. The zero-order valence-electron chi connectivity index (χ0n) is 31.0. The maximum Gasteiger partial charge on any atom is 0.407 e. The molecule has 0 radical (unpaired) electrons. The second kappa shape index (κ2) is 15.5. The van der Waals surface area contributed by atoms with Gasteiger partial charge in [0.05, 0.1) is 30.0 Å². The summed E-state index contributed by atoms with van der Waals surface area (Å²) in [5, 5.41) is 5.59. The lowest BCUT2D eigenvalue weighted by atomic mass is 9.57. The van der Waals surface area contributed by atoms with Crippen LogP contribution in [0, 0.1) is 17.7 Å². The Morgan fingerprint density at radius 3 is 2.28 bits per heavy atom. The first-order chi connectivity index (χ1) is 25.9. The lowest BCUT2D eigenvalue weighted by molar-refractivity contribution is 0.00584. The van der Waals surface area contributed by atoms with Crippen LogP contribution in [-0.4, -0.2) is 113 Å². The van der Waals surface area contributed by atoms with Gasteiger partial charge in [0.15, 0.2) is 5.67 Å². The molecule has 2 N–H and O–H groups in total. The first-order valence-electron chi connectivity index (χ1n) is 19.0. The van der Waals surface area contributed by atoms with E-state index in [9.17, 15) is 22.4 Å². The fraction of sp³-hybridized carbons (Fsp3) is 0.525. The van der Waals surface area contributed by atoms with E-state index in [4.69, 9.17) is 4.74 Å². The van der Waals surface area contributed by atoms with Crippen molar-refractivity contribution in [3.63, 3.8) is 0 Å². The van der Waals surface area contributed by atoms with Crippen molar-refractivity contribution in [2.24, 2.45) is 11.8 Å². The number of carbonyl (C=O) groups is 2. The molecule has 54 heavy (non-hydrogen) atoms. The fourth-order valence-corrected chi connectivity index (χ4v) is 10.6. The van der Waals surface area contributed by atoms with Gasteiger partial charge in [0.1, 0.15) is 11.5 Å². The lowest BCUT2D eigenvalue weighted by Gasteiger charge is -2.54. The molecule has 1 unspecified atom stereocenters. The third-order valence-electron chi connectivity index (χ3n) is 12.3. The lowest BCUT2D eigenvalue weighted by Crippen LogP contribution is -2.65. The molecule has 1 aliphatic carbocycles. The second-order valence-corrected chi connectivity index (χ2v) is 17.4. The van der Waals surface area contributed by atoms with E-state index in [-0.39, 0.29) is 57.7 Å². The number of sulfone groups is 1. The molecule has 4 aliphatic rings. The number of pyridine rings is 1. The topological polar surface area (TPSA) is 124 Å². The van der Waals surface area contributed by atoms with Gasteiger partial charge in [-0.25, -0.2) is 27.0 Å². The smallest absolute Gasteiger partial charge is 0.407 e. The molecule has 11 nitrogen and oxygen atoms in total. The average molecular weight is 765 g/mol. The Kier molecular flexibility index (Phi) is 11.0. The predicted molar refractivity (Wildman–Crippen MR) is 201 cm³/mol. The van der Waals surface area contributed by atoms with Gasteiger partial charge in [-0.05, 0) is 124 Å². The number of halogens is 2. The Bertz CT molecular complexity index is 1920. The molecular formula is C40H50F2N6O5S. The molecular weight excluding hydrogens is 715 g/mol. The van der Waals surface area contributed by atoms with Gasteiger partial charge in [-0.1, -0.05) is 18.6 Å². The van der Waals surface area contributed by atoms with Crippen LogP contribution in [0.2, 0.25) is 0 Å². The van der Waals surface area contributed by atoms with E-state index in [1.165, 1.54) is 50.7 Å². The largest absolute Gasteiger partial charge is 0.453 e. The highest BCUT2D eigenvalue weighted by Gasteiger charge is 2.54. The van der Waals surface area contributed by atoms with Crippen LogP contribution in [0.1, 0.15) is 54.6 Å². The number of piperidine rings is 1. The second-order valence-electron chi connectivity index (χ2n) is 15.5. The maximum absolute atomic E-state index is 16.2. The van der Waals surface area contributed by atoms with Gasteiger partial charge in [0.2, 0.25) is 9.84 Å². The van der Waals surface area contributed by atoms with E-state index >= 15 is 4.39 Å². The van der Waals surface area contributed by atoms with Crippen LogP contribution in [-0.2, 0) is 20.0 Å². The minimum absolute atomic E-state index is 0.0203. The molecule has 7 rings (SSSR count). The van der Waals surface area contributed by atoms with Gasteiger partial charge in [-0.3, -0.25) is 9.69 Å². The number of nitrogens with one attached hydrogen (secondary N) is 2. The molecule has 0 spiro atoms. The molecule has 14 heteroatoms. The SMILES string of the molecule is CNC(=O)c1ccc(S(=O)(=O)c2ccc(N3CC(F)(CN4CCC(C(CN5CCC5)(c5cccc(F)c5)[C@H]5CCC[C@@H]5NC(=O)OC)CC4)C3)cc2)cn1. The first kappa shape index (κ1) is 38.1. The summed E-state index contributed by atoms with van der Waals surface area (Å²) in [4.78, 5) is 34.9. The number of alkyl carbamates (subject to hydrolysis) is 1. The summed E-state index contributed by atoms with van der Waals surface area (Å²) in [6, 6.07) is 16.1.